The summed E-state index contributed by atoms with van der Waals surface area (Å²) in [5.74, 6) is 0.784. The fourth-order valence-electron chi connectivity index (χ4n) is 3.86. The molecule has 1 aromatic carbocycles. The Morgan fingerprint density at radius 2 is 1.94 bits per heavy atom. The first-order valence-electron chi connectivity index (χ1n) is 11.6. The van der Waals surface area contributed by atoms with Crippen molar-refractivity contribution < 1.29 is 9.53 Å². The fraction of sp³-hybridized carbons (Fsp3) is 0.308. The van der Waals surface area contributed by atoms with E-state index in [1.807, 2.05) is 0 Å². The summed E-state index contributed by atoms with van der Waals surface area (Å²) in [5, 5.41) is 0.567. The number of aromatic nitrogens is 2. The van der Waals surface area contributed by atoms with Crippen LogP contribution in [0.1, 0.15) is 45.1 Å². The van der Waals surface area contributed by atoms with Crippen LogP contribution < -0.4 is 10.3 Å². The number of thiocarbonyl (C=S) groups is 1. The Morgan fingerprint density at radius 3 is 2.66 bits per heavy atom. The number of carbonyl (C=O) groups excluding carboxylic acids is 1. The zero-order valence-corrected chi connectivity index (χ0v) is 22.0. The Morgan fingerprint density at radius 1 is 1.17 bits per heavy atom. The van der Waals surface area contributed by atoms with E-state index >= 15 is 0 Å². The van der Waals surface area contributed by atoms with Gasteiger partial charge >= 0.3 is 0 Å². The van der Waals surface area contributed by atoms with Gasteiger partial charge in [-0.2, -0.15) is 4.98 Å². The molecule has 2 aromatic heterocycles. The topological polar surface area (TPSA) is 63.9 Å². The van der Waals surface area contributed by atoms with Gasteiger partial charge in [0, 0.05) is 17.8 Å². The number of halogens is 1. The van der Waals surface area contributed by atoms with Crippen LogP contribution in [0.5, 0.6) is 11.6 Å². The Labute approximate surface area is 219 Å². The van der Waals surface area contributed by atoms with Gasteiger partial charge in [0.2, 0.25) is 5.88 Å². The molecule has 1 amide bonds. The number of pyridine rings is 1. The molecule has 1 unspecified atom stereocenters. The lowest BCUT2D eigenvalue weighted by molar-refractivity contribution is -0.122. The van der Waals surface area contributed by atoms with Crippen molar-refractivity contribution in [2.24, 2.45) is 5.92 Å². The molecule has 9 heteroatoms. The van der Waals surface area contributed by atoms with Crippen molar-refractivity contribution in [3.05, 3.63) is 74.5 Å². The van der Waals surface area contributed by atoms with Gasteiger partial charge in [-0.3, -0.25) is 18.9 Å². The number of hydrogen-bond acceptors (Lipinski definition) is 6. The first-order valence-corrected chi connectivity index (χ1v) is 13.2. The van der Waals surface area contributed by atoms with Crippen LogP contribution in [0.25, 0.3) is 11.7 Å². The standard InChI is InChI=1S/C26H26ClN3O3S2/c1-3-5-8-17(4-2)16-30-25(32)21(35-26(30)34)15-20-23(33-19-12-10-18(27)11-13-19)28-22-9-6-7-14-29(22)24(20)31/h6-7,9-15,17H,3-5,8,16H2,1-2H3. The Kier molecular flexibility index (Phi) is 8.26. The highest BCUT2D eigenvalue weighted by atomic mass is 35.5. The molecule has 1 fully saturated rings. The Hall–Kier alpha value is -2.68. The molecule has 35 heavy (non-hydrogen) atoms. The molecule has 1 aliphatic heterocycles. The van der Waals surface area contributed by atoms with Gasteiger partial charge in [0.25, 0.3) is 11.5 Å². The van der Waals surface area contributed by atoms with E-state index in [0.29, 0.717) is 38.1 Å². The Bertz CT molecular complexity index is 1340. The second-order valence-electron chi connectivity index (χ2n) is 8.33. The summed E-state index contributed by atoms with van der Waals surface area (Å²) in [7, 11) is 0. The van der Waals surface area contributed by atoms with Gasteiger partial charge in [-0.1, -0.05) is 74.8 Å². The molecule has 6 nitrogen and oxygen atoms in total. The Balaban J connectivity index is 1.71. The van der Waals surface area contributed by atoms with Crippen molar-refractivity contribution in [3.63, 3.8) is 0 Å². The average Bonchev–Trinajstić information content (AvgIpc) is 3.12. The molecule has 3 aromatic rings. The third-order valence-corrected chi connectivity index (χ3v) is 7.53. The molecular weight excluding hydrogens is 502 g/mol. The number of ether oxygens (including phenoxy) is 1. The molecule has 1 atom stereocenters. The van der Waals surface area contributed by atoms with E-state index in [0.717, 1.165) is 25.7 Å². The van der Waals surface area contributed by atoms with Crippen LogP contribution in [0.3, 0.4) is 0 Å². The summed E-state index contributed by atoms with van der Waals surface area (Å²) < 4.78 is 7.92. The highest BCUT2D eigenvalue weighted by Gasteiger charge is 2.34. The number of amides is 1. The zero-order chi connectivity index (χ0) is 24.9. The van der Waals surface area contributed by atoms with Crippen LogP contribution in [-0.2, 0) is 4.79 Å². The van der Waals surface area contributed by atoms with E-state index in [4.69, 9.17) is 28.6 Å². The largest absolute Gasteiger partial charge is 0.438 e. The molecular formula is C26H26ClN3O3S2. The van der Waals surface area contributed by atoms with Crippen molar-refractivity contribution >= 4 is 57.5 Å². The number of fused-ring (bicyclic) bond motifs is 1. The second-order valence-corrected chi connectivity index (χ2v) is 10.4. The molecule has 0 radical (unpaired) electrons. The number of hydrogen-bond donors (Lipinski definition) is 0. The van der Waals surface area contributed by atoms with Crippen molar-refractivity contribution in [1.29, 1.82) is 0 Å². The average molecular weight is 528 g/mol. The van der Waals surface area contributed by atoms with Crippen molar-refractivity contribution in [3.8, 4) is 11.6 Å². The summed E-state index contributed by atoms with van der Waals surface area (Å²) in [4.78, 5) is 33.3. The predicted octanol–water partition coefficient (Wildman–Crippen LogP) is 6.56. The third kappa shape index (κ3) is 5.77. The molecule has 0 saturated carbocycles. The lowest BCUT2D eigenvalue weighted by atomic mass is 9.99. The van der Waals surface area contributed by atoms with E-state index in [2.05, 4.69) is 18.8 Å². The highest BCUT2D eigenvalue weighted by molar-refractivity contribution is 8.26. The summed E-state index contributed by atoms with van der Waals surface area (Å²) in [6.07, 6.45) is 7.45. The van der Waals surface area contributed by atoms with Gasteiger partial charge in [-0.05, 0) is 54.8 Å². The number of nitrogens with zero attached hydrogens (tertiary/aromatic N) is 3. The summed E-state index contributed by atoms with van der Waals surface area (Å²) in [6.45, 7) is 4.88. The van der Waals surface area contributed by atoms with Crippen molar-refractivity contribution in [2.45, 2.75) is 39.5 Å². The summed E-state index contributed by atoms with van der Waals surface area (Å²) >= 11 is 12.7. The smallest absolute Gasteiger partial charge is 0.269 e. The molecule has 1 saturated heterocycles. The number of unbranched alkanes of at least 4 members (excludes halogenated alkanes) is 1. The van der Waals surface area contributed by atoms with Crippen LogP contribution >= 0.6 is 35.6 Å². The molecule has 1 aliphatic rings. The van der Waals surface area contributed by atoms with Crippen molar-refractivity contribution in [1.82, 2.24) is 14.3 Å². The summed E-state index contributed by atoms with van der Waals surface area (Å²) in [6, 6.07) is 12.0. The second kappa shape index (κ2) is 11.4. The van der Waals surface area contributed by atoms with Gasteiger partial charge in [0.15, 0.2) is 0 Å². The van der Waals surface area contributed by atoms with E-state index in [1.165, 1.54) is 16.2 Å². The number of thioether (sulfide) groups is 1. The minimum Gasteiger partial charge on any atom is -0.438 e. The summed E-state index contributed by atoms with van der Waals surface area (Å²) in [5.41, 5.74) is 0.286. The minimum atomic E-state index is -0.334. The first kappa shape index (κ1) is 25.4. The van der Waals surface area contributed by atoms with Gasteiger partial charge < -0.3 is 4.74 Å². The first-order chi connectivity index (χ1) is 16.9. The van der Waals surface area contributed by atoms with E-state index < -0.39 is 0 Å². The van der Waals surface area contributed by atoms with E-state index in [9.17, 15) is 9.59 Å². The maximum atomic E-state index is 13.4. The molecule has 3 heterocycles. The lowest BCUT2D eigenvalue weighted by Gasteiger charge is -2.21. The molecule has 4 rings (SSSR count). The maximum Gasteiger partial charge on any atom is 0.269 e. The minimum absolute atomic E-state index is 0.114. The molecule has 0 N–H and O–H groups in total. The maximum absolute atomic E-state index is 13.4. The van der Waals surface area contributed by atoms with Crippen LogP contribution in [-0.4, -0.2) is 31.1 Å². The number of carbonyl (C=O) groups is 1. The third-order valence-electron chi connectivity index (χ3n) is 5.90. The van der Waals surface area contributed by atoms with Crippen molar-refractivity contribution in [2.75, 3.05) is 6.54 Å². The van der Waals surface area contributed by atoms with Gasteiger partial charge in [0.05, 0.1) is 4.91 Å². The van der Waals surface area contributed by atoms with Crippen LogP contribution in [0.4, 0.5) is 0 Å². The SMILES string of the molecule is CCCCC(CC)CN1C(=O)C(=Cc2c(Oc3ccc(Cl)cc3)nc3ccccn3c2=O)SC1=S. The van der Waals surface area contributed by atoms with E-state index in [1.54, 1.807) is 59.6 Å². The lowest BCUT2D eigenvalue weighted by Crippen LogP contribution is -2.33. The van der Waals surface area contributed by atoms with E-state index in [-0.39, 0.29) is 22.9 Å². The van der Waals surface area contributed by atoms with Gasteiger partial charge in [0.1, 0.15) is 21.3 Å². The molecule has 182 valence electrons. The normalized spacial score (nSPS) is 15.9. The highest BCUT2D eigenvalue weighted by Crippen LogP contribution is 2.35. The monoisotopic (exact) mass is 527 g/mol. The number of benzene rings is 1. The molecule has 0 bridgehead atoms. The van der Waals surface area contributed by atoms with Crippen LogP contribution in [0.15, 0.2) is 58.4 Å². The number of rotatable bonds is 9. The van der Waals surface area contributed by atoms with Crippen LogP contribution in [0.2, 0.25) is 5.02 Å². The van der Waals surface area contributed by atoms with Gasteiger partial charge in [-0.15, -0.1) is 0 Å². The molecule has 0 aliphatic carbocycles. The zero-order valence-electron chi connectivity index (χ0n) is 19.6. The molecule has 0 spiro atoms. The predicted molar refractivity (Wildman–Crippen MR) is 146 cm³/mol. The van der Waals surface area contributed by atoms with Crippen LogP contribution in [0, 0.1) is 5.92 Å². The van der Waals surface area contributed by atoms with Gasteiger partial charge in [-0.25, -0.2) is 0 Å². The fourth-order valence-corrected chi connectivity index (χ4v) is 5.24. The quantitative estimate of drug-likeness (QED) is 0.232.